The average molecular weight is 468 g/mol. The van der Waals surface area contributed by atoms with Crippen LogP contribution >= 0.6 is 0 Å². The Hall–Kier alpha value is -2.85. The monoisotopic (exact) mass is 467 g/mol. The van der Waals surface area contributed by atoms with Crippen LogP contribution in [0.2, 0.25) is 0 Å². The Morgan fingerprint density at radius 1 is 1.00 bits per heavy atom. The molecule has 6 nitrogen and oxygen atoms in total. The lowest BCUT2D eigenvalue weighted by Crippen LogP contribution is -2.50. The van der Waals surface area contributed by atoms with Crippen molar-refractivity contribution in [3.63, 3.8) is 0 Å². The van der Waals surface area contributed by atoms with Gasteiger partial charge in [0.2, 0.25) is 15.9 Å². The highest BCUT2D eigenvalue weighted by molar-refractivity contribution is 7.89. The zero-order valence-corrected chi connectivity index (χ0v) is 18.1. The first-order valence-electron chi connectivity index (χ1n) is 10.1. The Labute approximate surface area is 185 Å². The zero-order chi connectivity index (χ0) is 23.2. The van der Waals surface area contributed by atoms with E-state index < -0.39 is 27.7 Å². The van der Waals surface area contributed by atoms with Crippen molar-refractivity contribution in [2.75, 3.05) is 43.4 Å². The summed E-state index contributed by atoms with van der Waals surface area (Å²) >= 11 is 0. The van der Waals surface area contributed by atoms with E-state index in [2.05, 4.69) is 5.32 Å². The molecule has 1 saturated heterocycles. The van der Waals surface area contributed by atoms with Gasteiger partial charge in [-0.25, -0.2) is 8.42 Å². The van der Waals surface area contributed by atoms with E-state index in [1.165, 1.54) is 16.4 Å². The predicted molar refractivity (Wildman–Crippen MR) is 118 cm³/mol. The molecule has 0 bridgehead atoms. The van der Waals surface area contributed by atoms with Gasteiger partial charge in [0, 0.05) is 44.5 Å². The van der Waals surface area contributed by atoms with Gasteiger partial charge >= 0.3 is 6.18 Å². The molecule has 1 fully saturated rings. The minimum absolute atomic E-state index is 0.0336. The first-order valence-corrected chi connectivity index (χ1v) is 11.7. The maximum Gasteiger partial charge on any atom is 0.416 e. The van der Waals surface area contributed by atoms with Crippen molar-refractivity contribution in [2.24, 2.45) is 0 Å². The smallest absolute Gasteiger partial charge is 0.369 e. The molecule has 0 spiro atoms. The number of rotatable bonds is 7. The van der Waals surface area contributed by atoms with Crippen LogP contribution < -0.4 is 10.2 Å². The van der Waals surface area contributed by atoms with Crippen molar-refractivity contribution in [1.82, 2.24) is 9.62 Å². The van der Waals surface area contributed by atoms with Gasteiger partial charge in [-0.2, -0.15) is 17.5 Å². The summed E-state index contributed by atoms with van der Waals surface area (Å²) in [5.74, 6) is -0.639. The van der Waals surface area contributed by atoms with Gasteiger partial charge < -0.3 is 10.2 Å². The third kappa shape index (κ3) is 6.57. The number of sulfonamides is 1. The third-order valence-electron chi connectivity index (χ3n) is 5.06. The summed E-state index contributed by atoms with van der Waals surface area (Å²) in [4.78, 5) is 13.6. The number of carbonyl (C=O) groups excluding carboxylic acids is 1. The summed E-state index contributed by atoms with van der Waals surface area (Å²) < 4.78 is 65.2. The topological polar surface area (TPSA) is 69.7 Å². The number of carbonyl (C=O) groups is 1. The number of hydrogen-bond donors (Lipinski definition) is 1. The molecule has 0 radical (unpaired) electrons. The fourth-order valence-corrected chi connectivity index (χ4v) is 4.67. The summed E-state index contributed by atoms with van der Waals surface area (Å²) in [5.41, 5.74) is 0.533. The minimum Gasteiger partial charge on any atom is -0.369 e. The molecule has 1 aliphatic rings. The van der Waals surface area contributed by atoms with Gasteiger partial charge in [-0.1, -0.05) is 36.4 Å². The molecule has 0 aliphatic carbocycles. The van der Waals surface area contributed by atoms with E-state index in [-0.39, 0.29) is 38.5 Å². The highest BCUT2D eigenvalue weighted by atomic mass is 32.2. The Morgan fingerprint density at radius 3 is 2.34 bits per heavy atom. The number of piperazine rings is 1. The van der Waals surface area contributed by atoms with E-state index in [0.717, 1.165) is 17.7 Å². The molecule has 1 aliphatic heterocycles. The molecular weight excluding hydrogens is 443 g/mol. The Balaban J connectivity index is 1.47. The maximum absolute atomic E-state index is 12.9. The van der Waals surface area contributed by atoms with Crippen molar-refractivity contribution in [1.29, 1.82) is 0 Å². The Morgan fingerprint density at radius 2 is 1.69 bits per heavy atom. The Bertz CT molecular complexity index is 1050. The second kappa shape index (κ2) is 10.2. The standard InChI is InChI=1S/C22H24F3N3O3S/c23-22(24,25)19-7-4-8-20(17-19)27-12-14-28(15-13-27)32(30,31)16-11-26-21(29)10-9-18-5-2-1-3-6-18/h1-10,17H,11-16H2,(H,26,29)/b10-9-. The number of nitrogens with one attached hydrogen (secondary N) is 1. The van der Waals surface area contributed by atoms with E-state index in [0.29, 0.717) is 5.69 Å². The molecule has 0 atom stereocenters. The van der Waals surface area contributed by atoms with E-state index >= 15 is 0 Å². The minimum atomic E-state index is -4.43. The lowest BCUT2D eigenvalue weighted by Gasteiger charge is -2.35. The second-order valence-electron chi connectivity index (χ2n) is 7.29. The lowest BCUT2D eigenvalue weighted by atomic mass is 10.1. The van der Waals surface area contributed by atoms with Gasteiger partial charge in [0.25, 0.3) is 0 Å². The highest BCUT2D eigenvalue weighted by Gasteiger charge is 2.32. The largest absolute Gasteiger partial charge is 0.416 e. The summed E-state index contributed by atoms with van der Waals surface area (Å²) in [5, 5.41) is 2.55. The van der Waals surface area contributed by atoms with Crippen LogP contribution in [0.5, 0.6) is 0 Å². The average Bonchev–Trinajstić information content (AvgIpc) is 2.78. The number of benzene rings is 2. The number of amides is 1. The molecule has 1 heterocycles. The van der Waals surface area contributed by atoms with Crippen LogP contribution in [-0.4, -0.2) is 57.1 Å². The zero-order valence-electron chi connectivity index (χ0n) is 17.3. The van der Waals surface area contributed by atoms with E-state index in [1.807, 2.05) is 30.3 Å². The summed E-state index contributed by atoms with van der Waals surface area (Å²) in [6, 6.07) is 14.2. The predicted octanol–water partition coefficient (Wildman–Crippen LogP) is 2.99. The van der Waals surface area contributed by atoms with Crippen LogP contribution in [0, 0.1) is 0 Å². The molecule has 0 unspecified atom stereocenters. The number of hydrogen-bond acceptors (Lipinski definition) is 4. The fraction of sp³-hybridized carbons (Fsp3) is 0.318. The van der Waals surface area contributed by atoms with Crippen molar-refractivity contribution >= 4 is 27.7 Å². The van der Waals surface area contributed by atoms with Gasteiger partial charge in [-0.15, -0.1) is 0 Å². The number of alkyl halides is 3. The quantitative estimate of drug-likeness (QED) is 0.636. The lowest BCUT2D eigenvalue weighted by molar-refractivity contribution is -0.137. The van der Waals surface area contributed by atoms with Crippen LogP contribution in [0.3, 0.4) is 0 Å². The third-order valence-corrected chi connectivity index (χ3v) is 6.93. The molecule has 0 aromatic heterocycles. The molecule has 1 N–H and O–H groups in total. The van der Waals surface area contributed by atoms with Gasteiger partial charge in [0.15, 0.2) is 0 Å². The summed E-state index contributed by atoms with van der Waals surface area (Å²) in [7, 11) is -3.60. The van der Waals surface area contributed by atoms with Crippen molar-refractivity contribution < 1.29 is 26.4 Å². The number of anilines is 1. The van der Waals surface area contributed by atoms with Crippen LogP contribution in [-0.2, 0) is 21.0 Å². The summed E-state index contributed by atoms with van der Waals surface area (Å²) in [6.07, 6.45) is -1.45. The van der Waals surface area contributed by atoms with E-state index in [4.69, 9.17) is 0 Å². The molecule has 32 heavy (non-hydrogen) atoms. The molecule has 2 aromatic carbocycles. The second-order valence-corrected chi connectivity index (χ2v) is 9.37. The molecule has 10 heteroatoms. The van der Waals surface area contributed by atoms with Gasteiger partial charge in [0.05, 0.1) is 11.3 Å². The van der Waals surface area contributed by atoms with Gasteiger partial charge in [-0.05, 0) is 29.8 Å². The van der Waals surface area contributed by atoms with Crippen LogP contribution in [0.25, 0.3) is 6.08 Å². The molecule has 172 valence electrons. The van der Waals surface area contributed by atoms with Gasteiger partial charge in [0.1, 0.15) is 0 Å². The van der Waals surface area contributed by atoms with Crippen molar-refractivity contribution in [3.05, 3.63) is 71.8 Å². The van der Waals surface area contributed by atoms with Crippen molar-refractivity contribution in [3.8, 4) is 0 Å². The first-order chi connectivity index (χ1) is 15.1. The molecular formula is C22H24F3N3O3S. The summed E-state index contributed by atoms with van der Waals surface area (Å²) in [6.45, 7) is 0.869. The molecule has 0 saturated carbocycles. The highest BCUT2D eigenvalue weighted by Crippen LogP contribution is 2.32. The fourth-order valence-electron chi connectivity index (χ4n) is 3.33. The first kappa shape index (κ1) is 23.8. The number of nitrogens with zero attached hydrogens (tertiary/aromatic N) is 2. The Kier molecular flexibility index (Phi) is 7.57. The number of halogens is 3. The SMILES string of the molecule is O=C(/C=C\c1ccccc1)NCCS(=O)(=O)N1CCN(c2cccc(C(F)(F)F)c2)CC1. The van der Waals surface area contributed by atoms with Crippen molar-refractivity contribution in [2.45, 2.75) is 6.18 Å². The normalized spacial score (nSPS) is 15.8. The van der Waals surface area contributed by atoms with Crippen LogP contribution in [0.15, 0.2) is 60.7 Å². The van der Waals surface area contributed by atoms with E-state index in [9.17, 15) is 26.4 Å². The molecule has 1 amide bonds. The maximum atomic E-state index is 12.9. The van der Waals surface area contributed by atoms with Crippen LogP contribution in [0.4, 0.5) is 18.9 Å². The van der Waals surface area contributed by atoms with Crippen LogP contribution in [0.1, 0.15) is 11.1 Å². The molecule has 3 rings (SSSR count). The van der Waals surface area contributed by atoms with Gasteiger partial charge in [-0.3, -0.25) is 4.79 Å². The molecule has 2 aromatic rings. The van der Waals surface area contributed by atoms with E-state index in [1.54, 1.807) is 17.0 Å².